The van der Waals surface area contributed by atoms with Gasteiger partial charge in [-0.3, -0.25) is 9.59 Å². The van der Waals surface area contributed by atoms with Gasteiger partial charge in [0.25, 0.3) is 0 Å². The first kappa shape index (κ1) is 27.8. The Morgan fingerprint density at radius 2 is 1.43 bits per heavy atom. The number of unbranched alkanes of at least 4 members (excludes halogenated alkanes) is 2. The van der Waals surface area contributed by atoms with Crippen molar-refractivity contribution in [1.29, 1.82) is 0 Å². The van der Waals surface area contributed by atoms with Crippen LogP contribution in [0.5, 0.6) is 17.2 Å². The van der Waals surface area contributed by atoms with Crippen molar-refractivity contribution in [2.45, 2.75) is 52.4 Å². The molecule has 0 heterocycles. The highest BCUT2D eigenvalue weighted by atomic mass is 16.5. The number of rotatable bonds is 16. The zero-order valence-electron chi connectivity index (χ0n) is 20.8. The van der Waals surface area contributed by atoms with Crippen LogP contribution in [-0.2, 0) is 9.59 Å². The minimum Gasteiger partial charge on any atom is -0.497 e. The number of carboxylic acid groups (broad SMARTS) is 2. The Kier molecular flexibility index (Phi) is 11.1. The van der Waals surface area contributed by atoms with Crippen LogP contribution in [0.15, 0.2) is 42.5 Å². The molecule has 0 unspecified atom stereocenters. The van der Waals surface area contributed by atoms with E-state index in [9.17, 15) is 14.7 Å². The second-order valence-corrected chi connectivity index (χ2v) is 9.04. The van der Waals surface area contributed by atoms with Gasteiger partial charge in [0.15, 0.2) is 0 Å². The second-order valence-electron chi connectivity index (χ2n) is 9.04. The topological polar surface area (TPSA) is 102 Å². The summed E-state index contributed by atoms with van der Waals surface area (Å²) in [5.41, 5.74) is 1.17. The number of hydrogen-bond donors (Lipinski definition) is 2. The van der Waals surface area contributed by atoms with E-state index in [2.05, 4.69) is 0 Å². The molecule has 0 aliphatic heterocycles. The largest absolute Gasteiger partial charge is 0.497 e. The molecular formula is C28H36O7. The molecule has 2 N–H and O–H groups in total. The molecule has 0 bridgehead atoms. The molecule has 0 atom stereocenters. The van der Waals surface area contributed by atoms with Crippen molar-refractivity contribution in [1.82, 2.24) is 0 Å². The predicted octanol–water partition coefficient (Wildman–Crippen LogP) is 6.16. The highest BCUT2D eigenvalue weighted by Crippen LogP contribution is 2.26. The molecule has 0 radical (unpaired) electrons. The normalized spacial score (nSPS) is 11.4. The van der Waals surface area contributed by atoms with Gasteiger partial charge in [0.2, 0.25) is 0 Å². The lowest BCUT2D eigenvalue weighted by Crippen LogP contribution is -2.24. The maximum Gasteiger partial charge on any atom is 0.309 e. The van der Waals surface area contributed by atoms with Crippen LogP contribution in [0.1, 0.15) is 63.5 Å². The first-order chi connectivity index (χ1) is 16.7. The Morgan fingerprint density at radius 3 is 2.09 bits per heavy atom. The number of hydrogen-bond acceptors (Lipinski definition) is 5. The van der Waals surface area contributed by atoms with E-state index in [1.807, 2.05) is 54.6 Å². The van der Waals surface area contributed by atoms with Gasteiger partial charge in [-0.25, -0.2) is 0 Å². The molecule has 2 rings (SSSR count). The lowest BCUT2D eigenvalue weighted by atomic mass is 9.88. The van der Waals surface area contributed by atoms with Crippen molar-refractivity contribution in [3.8, 4) is 17.2 Å². The van der Waals surface area contributed by atoms with Crippen LogP contribution in [0.3, 0.4) is 0 Å². The lowest BCUT2D eigenvalue weighted by molar-refractivity contribution is -0.147. The summed E-state index contributed by atoms with van der Waals surface area (Å²) >= 11 is 0. The van der Waals surface area contributed by atoms with Gasteiger partial charge in [0, 0.05) is 12.5 Å². The summed E-state index contributed by atoms with van der Waals surface area (Å²) in [5, 5.41) is 17.9. The fraction of sp³-hybridized carbons (Fsp3) is 0.429. The van der Waals surface area contributed by atoms with E-state index in [0.717, 1.165) is 29.7 Å². The van der Waals surface area contributed by atoms with E-state index >= 15 is 0 Å². The van der Waals surface area contributed by atoms with Gasteiger partial charge in [-0.1, -0.05) is 24.3 Å². The number of benzene rings is 2. The molecule has 0 amide bonds. The van der Waals surface area contributed by atoms with E-state index < -0.39 is 17.4 Å². The van der Waals surface area contributed by atoms with Gasteiger partial charge < -0.3 is 24.4 Å². The minimum atomic E-state index is -0.807. The number of methoxy groups -OCH3 is 1. The van der Waals surface area contributed by atoms with E-state index in [1.165, 1.54) is 0 Å². The Labute approximate surface area is 207 Å². The summed E-state index contributed by atoms with van der Waals surface area (Å²) < 4.78 is 17.0. The first-order valence-electron chi connectivity index (χ1n) is 11.9. The molecule has 0 aromatic heterocycles. The third kappa shape index (κ3) is 10.5. The van der Waals surface area contributed by atoms with E-state index in [4.69, 9.17) is 19.3 Å². The molecule has 7 nitrogen and oxygen atoms in total. The van der Waals surface area contributed by atoms with E-state index in [-0.39, 0.29) is 6.42 Å². The Hall–Kier alpha value is -3.48. The molecule has 35 heavy (non-hydrogen) atoms. The van der Waals surface area contributed by atoms with Crippen LogP contribution in [0, 0.1) is 5.41 Å². The van der Waals surface area contributed by atoms with Crippen LogP contribution in [0.2, 0.25) is 0 Å². The number of ether oxygens (including phenoxy) is 3. The summed E-state index contributed by atoms with van der Waals surface area (Å²) in [7, 11) is 1.60. The molecule has 0 aliphatic carbocycles. The molecule has 0 aliphatic rings. The zero-order valence-corrected chi connectivity index (χ0v) is 20.8. The lowest BCUT2D eigenvalue weighted by Gasteiger charge is -2.18. The number of carbonyl (C=O) groups is 2. The monoisotopic (exact) mass is 484 g/mol. The molecule has 190 valence electrons. The SMILES string of the molecule is COc1cc(/C=C/c2ccc(OCCCCCC(=O)O)cc2)cc(OCCCC(C)(C)C(=O)O)c1. The maximum atomic E-state index is 11.2. The summed E-state index contributed by atoms with van der Waals surface area (Å²) in [6.07, 6.45) is 7.66. The smallest absolute Gasteiger partial charge is 0.309 e. The standard InChI is InChI=1S/C28H36O7/c1-28(2,27(31)32)15-7-17-35-25-19-22(18-24(20-25)33-3)10-9-21-11-13-23(14-12-21)34-16-6-4-5-8-26(29)30/h9-14,18-20H,4-8,15-17H2,1-3H3,(H,29,30)(H,31,32)/b10-9+. The number of aliphatic carboxylic acids is 2. The van der Waals surface area contributed by atoms with Gasteiger partial charge in [-0.15, -0.1) is 0 Å². The molecular weight excluding hydrogens is 448 g/mol. The first-order valence-corrected chi connectivity index (χ1v) is 11.9. The van der Waals surface area contributed by atoms with Crippen molar-refractivity contribution < 1.29 is 34.0 Å². The predicted molar refractivity (Wildman–Crippen MR) is 136 cm³/mol. The third-order valence-corrected chi connectivity index (χ3v) is 5.58. The zero-order chi connectivity index (χ0) is 25.7. The van der Waals surface area contributed by atoms with Gasteiger partial charge in [-0.05, 0) is 81.3 Å². The second kappa shape index (κ2) is 14.0. The summed E-state index contributed by atoms with van der Waals surface area (Å²) in [4.78, 5) is 21.7. The third-order valence-electron chi connectivity index (χ3n) is 5.58. The molecule has 2 aromatic rings. The van der Waals surface area contributed by atoms with Crippen LogP contribution in [0.25, 0.3) is 12.2 Å². The molecule has 7 heteroatoms. The van der Waals surface area contributed by atoms with Crippen molar-refractivity contribution in [2.24, 2.45) is 5.41 Å². The molecule has 0 spiro atoms. The summed E-state index contributed by atoms with van der Waals surface area (Å²) in [6.45, 7) is 4.42. The van der Waals surface area contributed by atoms with Gasteiger partial charge in [0.05, 0.1) is 25.7 Å². The average Bonchev–Trinajstić information content (AvgIpc) is 2.83. The van der Waals surface area contributed by atoms with Crippen LogP contribution in [0.4, 0.5) is 0 Å². The highest BCUT2D eigenvalue weighted by molar-refractivity contribution is 5.73. The quantitative estimate of drug-likeness (QED) is 0.217. The Bertz CT molecular complexity index is 977. The van der Waals surface area contributed by atoms with Crippen LogP contribution >= 0.6 is 0 Å². The summed E-state index contributed by atoms with van der Waals surface area (Å²) in [5.74, 6) is 0.566. The maximum absolute atomic E-state index is 11.2. The van der Waals surface area contributed by atoms with E-state index in [1.54, 1.807) is 21.0 Å². The fourth-order valence-electron chi connectivity index (χ4n) is 3.31. The van der Waals surface area contributed by atoms with Crippen molar-refractivity contribution in [3.05, 3.63) is 53.6 Å². The molecule has 0 fully saturated rings. The minimum absolute atomic E-state index is 0.201. The Balaban J connectivity index is 1.87. The highest BCUT2D eigenvalue weighted by Gasteiger charge is 2.26. The van der Waals surface area contributed by atoms with E-state index in [0.29, 0.717) is 44.0 Å². The van der Waals surface area contributed by atoms with Crippen molar-refractivity contribution in [2.75, 3.05) is 20.3 Å². The Morgan fingerprint density at radius 1 is 0.800 bits per heavy atom. The summed E-state index contributed by atoms with van der Waals surface area (Å²) in [6, 6.07) is 13.4. The van der Waals surface area contributed by atoms with Gasteiger partial charge >= 0.3 is 11.9 Å². The van der Waals surface area contributed by atoms with Crippen molar-refractivity contribution >= 4 is 24.1 Å². The number of carboxylic acids is 2. The van der Waals surface area contributed by atoms with Crippen LogP contribution in [-0.4, -0.2) is 42.5 Å². The molecule has 2 aromatic carbocycles. The fourth-order valence-corrected chi connectivity index (χ4v) is 3.31. The van der Waals surface area contributed by atoms with Gasteiger partial charge in [-0.2, -0.15) is 0 Å². The van der Waals surface area contributed by atoms with Gasteiger partial charge in [0.1, 0.15) is 17.2 Å². The van der Waals surface area contributed by atoms with Crippen molar-refractivity contribution in [3.63, 3.8) is 0 Å². The average molecular weight is 485 g/mol. The molecule has 0 saturated heterocycles. The molecule has 0 saturated carbocycles. The van der Waals surface area contributed by atoms with Crippen LogP contribution < -0.4 is 14.2 Å².